The van der Waals surface area contributed by atoms with E-state index in [9.17, 15) is 0 Å². The van der Waals surface area contributed by atoms with Gasteiger partial charge >= 0.3 is 0 Å². The molecule has 0 fully saturated rings. The lowest BCUT2D eigenvalue weighted by Crippen LogP contribution is -2.41. The zero-order valence-corrected chi connectivity index (χ0v) is 26.1. The molecule has 2 rings (SSSR count). The number of anilines is 3. The quantitative estimate of drug-likeness (QED) is 0.198. The van der Waals surface area contributed by atoms with E-state index in [1.54, 1.807) is 0 Å². The van der Waals surface area contributed by atoms with Crippen LogP contribution in [0.2, 0.25) is 0 Å². The second-order valence-corrected chi connectivity index (χ2v) is 11.9. The molecule has 0 saturated carbocycles. The maximum absolute atomic E-state index is 3.77. The molecule has 38 heavy (non-hydrogen) atoms. The van der Waals surface area contributed by atoms with Gasteiger partial charge in [0, 0.05) is 48.3 Å². The number of rotatable bonds is 19. The standard InChI is InChI=1S/C35H59N3/c1-9-13-30(14-10-2)27-31-17-21-34(22-18-31)37(28(5)6)25-26-38(29(7)8)35-23-19-33(20-24-35)36-32(15-11-3)16-12-4/h17-24,28-30,32,36H,9-16,25-27H2,1-8H3. The number of benzene rings is 2. The minimum absolute atomic E-state index is 0.451. The van der Waals surface area contributed by atoms with Crippen LogP contribution in [0, 0.1) is 5.92 Å². The van der Waals surface area contributed by atoms with Gasteiger partial charge < -0.3 is 15.1 Å². The number of nitrogens with one attached hydrogen (secondary N) is 1. The topological polar surface area (TPSA) is 18.5 Å². The summed E-state index contributed by atoms with van der Waals surface area (Å²) in [6.45, 7) is 20.4. The van der Waals surface area contributed by atoms with Crippen LogP contribution in [0.3, 0.4) is 0 Å². The first-order valence-electron chi connectivity index (χ1n) is 15.8. The second-order valence-electron chi connectivity index (χ2n) is 11.9. The summed E-state index contributed by atoms with van der Waals surface area (Å²) in [6, 6.07) is 20.1. The molecule has 0 spiro atoms. The molecule has 3 nitrogen and oxygen atoms in total. The lowest BCUT2D eigenvalue weighted by atomic mass is 9.91. The van der Waals surface area contributed by atoms with E-state index in [0.29, 0.717) is 18.1 Å². The molecule has 214 valence electrons. The van der Waals surface area contributed by atoms with Gasteiger partial charge in [0.25, 0.3) is 0 Å². The molecule has 0 aromatic heterocycles. The van der Waals surface area contributed by atoms with Crippen molar-refractivity contribution >= 4 is 17.1 Å². The molecule has 0 saturated heterocycles. The van der Waals surface area contributed by atoms with Crippen LogP contribution in [0.25, 0.3) is 0 Å². The summed E-state index contributed by atoms with van der Waals surface area (Å²) in [6.07, 6.45) is 11.4. The molecule has 0 heterocycles. The van der Waals surface area contributed by atoms with Crippen molar-refractivity contribution in [2.45, 2.75) is 131 Å². The van der Waals surface area contributed by atoms with Crippen molar-refractivity contribution in [1.29, 1.82) is 0 Å². The average Bonchev–Trinajstić information content (AvgIpc) is 2.88. The molecular formula is C35H59N3. The van der Waals surface area contributed by atoms with E-state index < -0.39 is 0 Å². The van der Waals surface area contributed by atoms with E-state index in [2.05, 4.69) is 119 Å². The Morgan fingerprint density at radius 1 is 0.579 bits per heavy atom. The van der Waals surface area contributed by atoms with Crippen LogP contribution in [0.1, 0.15) is 112 Å². The van der Waals surface area contributed by atoms with Gasteiger partial charge in [0.15, 0.2) is 0 Å². The Morgan fingerprint density at radius 2 is 1.00 bits per heavy atom. The van der Waals surface area contributed by atoms with Crippen LogP contribution in [0.4, 0.5) is 17.1 Å². The molecule has 0 aliphatic carbocycles. The smallest absolute Gasteiger partial charge is 0.0370 e. The summed E-state index contributed by atoms with van der Waals surface area (Å²) < 4.78 is 0. The van der Waals surface area contributed by atoms with Crippen LogP contribution >= 0.6 is 0 Å². The Morgan fingerprint density at radius 3 is 1.39 bits per heavy atom. The Bertz CT molecular complexity index is 770. The number of hydrogen-bond acceptors (Lipinski definition) is 3. The molecule has 0 amide bonds. The lowest BCUT2D eigenvalue weighted by molar-refractivity contribution is 0.438. The zero-order chi connectivity index (χ0) is 27.9. The summed E-state index contributed by atoms with van der Waals surface area (Å²) in [4.78, 5) is 5.11. The van der Waals surface area contributed by atoms with Gasteiger partial charge in [0.1, 0.15) is 0 Å². The van der Waals surface area contributed by atoms with Crippen molar-refractivity contribution in [3.05, 3.63) is 54.1 Å². The van der Waals surface area contributed by atoms with Crippen LogP contribution < -0.4 is 15.1 Å². The summed E-state index contributed by atoms with van der Waals surface area (Å²) in [5.41, 5.74) is 5.38. The molecule has 0 aliphatic heterocycles. The molecule has 1 N–H and O–H groups in total. The summed E-state index contributed by atoms with van der Waals surface area (Å²) in [5, 5.41) is 3.77. The molecule has 3 heteroatoms. The zero-order valence-electron chi connectivity index (χ0n) is 26.1. The van der Waals surface area contributed by atoms with E-state index in [-0.39, 0.29) is 0 Å². The normalized spacial score (nSPS) is 11.7. The first-order chi connectivity index (χ1) is 18.3. The van der Waals surface area contributed by atoms with E-state index in [1.165, 1.54) is 80.4 Å². The Hall–Kier alpha value is -2.16. The fourth-order valence-corrected chi connectivity index (χ4v) is 5.88. The highest BCUT2D eigenvalue weighted by Crippen LogP contribution is 2.25. The van der Waals surface area contributed by atoms with Crippen molar-refractivity contribution in [2.24, 2.45) is 5.92 Å². The first-order valence-corrected chi connectivity index (χ1v) is 15.8. The van der Waals surface area contributed by atoms with Crippen LogP contribution in [-0.2, 0) is 6.42 Å². The molecule has 2 aromatic carbocycles. The van der Waals surface area contributed by atoms with Crippen molar-refractivity contribution in [3.63, 3.8) is 0 Å². The molecular weight excluding hydrogens is 462 g/mol. The number of nitrogens with zero attached hydrogens (tertiary/aromatic N) is 2. The SMILES string of the molecule is CCCC(CCC)Cc1ccc(N(CCN(c2ccc(NC(CCC)CCC)cc2)C(C)C)C(C)C)cc1. The minimum atomic E-state index is 0.451. The third kappa shape index (κ3) is 10.5. The highest BCUT2D eigenvalue weighted by atomic mass is 15.2. The second kappa shape index (κ2) is 17.4. The maximum Gasteiger partial charge on any atom is 0.0370 e. The third-order valence-corrected chi connectivity index (χ3v) is 7.86. The highest BCUT2D eigenvalue weighted by molar-refractivity contribution is 5.56. The van der Waals surface area contributed by atoms with Crippen LogP contribution in [-0.4, -0.2) is 31.2 Å². The van der Waals surface area contributed by atoms with Crippen LogP contribution in [0.5, 0.6) is 0 Å². The molecule has 0 bridgehead atoms. The molecule has 0 radical (unpaired) electrons. The summed E-state index contributed by atoms with van der Waals surface area (Å²) in [7, 11) is 0. The van der Waals surface area contributed by atoms with Gasteiger partial charge in [-0.15, -0.1) is 0 Å². The molecule has 2 aromatic rings. The summed E-state index contributed by atoms with van der Waals surface area (Å²) >= 11 is 0. The van der Waals surface area contributed by atoms with Crippen LogP contribution in [0.15, 0.2) is 48.5 Å². The van der Waals surface area contributed by atoms with Crippen molar-refractivity contribution < 1.29 is 0 Å². The van der Waals surface area contributed by atoms with Gasteiger partial charge in [-0.2, -0.15) is 0 Å². The predicted molar refractivity (Wildman–Crippen MR) is 172 cm³/mol. The van der Waals surface area contributed by atoms with Gasteiger partial charge in [-0.05, 0) is 94.8 Å². The van der Waals surface area contributed by atoms with E-state index in [1.807, 2.05) is 0 Å². The Labute approximate surface area is 236 Å². The summed E-state index contributed by atoms with van der Waals surface area (Å²) in [5.74, 6) is 0.822. The van der Waals surface area contributed by atoms with E-state index in [4.69, 9.17) is 0 Å². The lowest BCUT2D eigenvalue weighted by Gasteiger charge is -2.35. The van der Waals surface area contributed by atoms with Gasteiger partial charge in [0.2, 0.25) is 0 Å². The fourth-order valence-electron chi connectivity index (χ4n) is 5.88. The van der Waals surface area contributed by atoms with Crippen molar-refractivity contribution in [3.8, 4) is 0 Å². The third-order valence-electron chi connectivity index (χ3n) is 7.86. The van der Waals surface area contributed by atoms with Crippen molar-refractivity contribution in [2.75, 3.05) is 28.2 Å². The Balaban J connectivity index is 2.07. The molecule has 0 aliphatic rings. The largest absolute Gasteiger partial charge is 0.382 e. The van der Waals surface area contributed by atoms with Crippen molar-refractivity contribution in [1.82, 2.24) is 0 Å². The monoisotopic (exact) mass is 521 g/mol. The predicted octanol–water partition coefficient (Wildman–Crippen LogP) is 9.96. The van der Waals surface area contributed by atoms with E-state index >= 15 is 0 Å². The molecule has 0 atom stereocenters. The molecule has 0 unspecified atom stereocenters. The van der Waals surface area contributed by atoms with Gasteiger partial charge in [0.05, 0.1) is 0 Å². The van der Waals surface area contributed by atoms with Gasteiger partial charge in [-0.25, -0.2) is 0 Å². The van der Waals surface area contributed by atoms with Gasteiger partial charge in [-0.3, -0.25) is 0 Å². The van der Waals surface area contributed by atoms with Gasteiger partial charge in [-0.1, -0.05) is 78.4 Å². The average molecular weight is 522 g/mol. The Kier molecular flexibility index (Phi) is 14.7. The first kappa shape index (κ1) is 32.1. The fraction of sp³-hybridized carbons (Fsp3) is 0.657. The number of hydrogen-bond donors (Lipinski definition) is 1. The highest BCUT2D eigenvalue weighted by Gasteiger charge is 2.17. The van der Waals surface area contributed by atoms with E-state index in [0.717, 1.165) is 19.0 Å². The minimum Gasteiger partial charge on any atom is -0.382 e. The maximum atomic E-state index is 3.77.